The van der Waals surface area contributed by atoms with E-state index in [0.717, 1.165) is 42.0 Å². The number of ether oxygens (including phenoxy) is 1. The van der Waals surface area contributed by atoms with Gasteiger partial charge in [-0.2, -0.15) is 0 Å². The first-order valence-electron chi connectivity index (χ1n) is 7.24. The van der Waals surface area contributed by atoms with Gasteiger partial charge in [-0.1, -0.05) is 18.2 Å². The van der Waals surface area contributed by atoms with Crippen LogP contribution in [0.5, 0.6) is 5.75 Å². The molecule has 3 rings (SSSR count). The summed E-state index contributed by atoms with van der Waals surface area (Å²) in [7, 11) is 1.66. The monoisotopic (exact) mass is 280 g/mol. The third kappa shape index (κ3) is 2.92. The van der Waals surface area contributed by atoms with Crippen LogP contribution in [0, 0.1) is 6.07 Å². The molecule has 0 saturated carbocycles. The fraction of sp³-hybridized carbons (Fsp3) is 0.278. The summed E-state index contributed by atoms with van der Waals surface area (Å²) in [4.78, 5) is 13.8. The first-order valence-corrected chi connectivity index (χ1v) is 7.24. The molecule has 0 N–H and O–H groups in total. The molecule has 0 aromatic heterocycles. The molecule has 1 aliphatic rings. The highest BCUT2D eigenvalue weighted by Gasteiger charge is 2.19. The Bertz CT molecular complexity index is 617. The Morgan fingerprint density at radius 2 is 1.90 bits per heavy atom. The van der Waals surface area contributed by atoms with Crippen molar-refractivity contribution in [2.45, 2.75) is 19.3 Å². The van der Waals surface area contributed by atoms with E-state index in [2.05, 4.69) is 6.07 Å². The molecule has 1 heterocycles. The lowest BCUT2D eigenvalue weighted by Crippen LogP contribution is -2.35. The number of anilines is 1. The molecule has 3 heteroatoms. The van der Waals surface area contributed by atoms with E-state index in [9.17, 15) is 4.79 Å². The number of rotatable bonds is 3. The van der Waals surface area contributed by atoms with Crippen LogP contribution in [0.4, 0.5) is 5.69 Å². The van der Waals surface area contributed by atoms with Gasteiger partial charge in [-0.15, -0.1) is 0 Å². The van der Waals surface area contributed by atoms with Gasteiger partial charge in [0.1, 0.15) is 5.75 Å². The van der Waals surface area contributed by atoms with Crippen LogP contribution >= 0.6 is 0 Å². The second-order valence-electron chi connectivity index (χ2n) is 5.19. The van der Waals surface area contributed by atoms with E-state index in [1.54, 1.807) is 7.11 Å². The third-order valence-electron chi connectivity index (χ3n) is 3.83. The Kier molecular flexibility index (Phi) is 3.91. The fourth-order valence-electron chi connectivity index (χ4n) is 2.61. The van der Waals surface area contributed by atoms with Crippen molar-refractivity contribution in [1.29, 1.82) is 0 Å². The van der Waals surface area contributed by atoms with Crippen molar-refractivity contribution < 1.29 is 9.53 Å². The zero-order valence-electron chi connectivity index (χ0n) is 12.1. The Hall–Kier alpha value is -2.29. The van der Waals surface area contributed by atoms with E-state index in [0.29, 0.717) is 6.42 Å². The van der Waals surface area contributed by atoms with Crippen LogP contribution < -0.4 is 9.64 Å². The molecule has 0 aliphatic carbocycles. The lowest BCUT2D eigenvalue weighted by atomic mass is 10.0. The lowest BCUT2D eigenvalue weighted by molar-refractivity contribution is -0.119. The smallest absolute Gasteiger partial charge is 0.226 e. The fourth-order valence-corrected chi connectivity index (χ4v) is 2.61. The second kappa shape index (κ2) is 6.00. The molecule has 1 saturated heterocycles. The van der Waals surface area contributed by atoms with Gasteiger partial charge in [0.2, 0.25) is 5.91 Å². The van der Waals surface area contributed by atoms with Crippen molar-refractivity contribution in [2.24, 2.45) is 0 Å². The molecule has 3 nitrogen and oxygen atoms in total. The number of hydrogen-bond acceptors (Lipinski definition) is 2. The summed E-state index contributed by atoms with van der Waals surface area (Å²) in [6.45, 7) is 0.814. The summed E-state index contributed by atoms with van der Waals surface area (Å²) in [6.07, 6.45) is 2.73. The Labute approximate surface area is 125 Å². The Morgan fingerprint density at radius 3 is 2.52 bits per heavy atom. The van der Waals surface area contributed by atoms with Crippen LogP contribution in [-0.2, 0) is 4.79 Å². The normalized spacial score (nSPS) is 15.1. The number of hydrogen-bond donors (Lipinski definition) is 0. The van der Waals surface area contributed by atoms with Crippen LogP contribution in [0.15, 0.2) is 42.5 Å². The van der Waals surface area contributed by atoms with E-state index < -0.39 is 0 Å². The first-order chi connectivity index (χ1) is 10.3. The number of piperidine rings is 1. The van der Waals surface area contributed by atoms with Crippen LogP contribution in [-0.4, -0.2) is 19.6 Å². The van der Waals surface area contributed by atoms with Crippen LogP contribution in [0.1, 0.15) is 19.3 Å². The molecular formula is C18H18NO2. The SMILES string of the molecule is COc1ccc(-c2[c]cc(N3CCCCC3=O)cc2)cc1. The van der Waals surface area contributed by atoms with E-state index in [4.69, 9.17) is 4.74 Å². The van der Waals surface area contributed by atoms with Crippen molar-refractivity contribution in [2.75, 3.05) is 18.6 Å². The molecule has 21 heavy (non-hydrogen) atoms. The van der Waals surface area contributed by atoms with Crippen LogP contribution in [0.25, 0.3) is 11.1 Å². The van der Waals surface area contributed by atoms with Gasteiger partial charge in [0.15, 0.2) is 0 Å². The van der Waals surface area contributed by atoms with Gasteiger partial charge in [-0.3, -0.25) is 4.79 Å². The third-order valence-corrected chi connectivity index (χ3v) is 3.83. The zero-order chi connectivity index (χ0) is 14.7. The maximum Gasteiger partial charge on any atom is 0.226 e. The zero-order valence-corrected chi connectivity index (χ0v) is 12.1. The molecule has 1 fully saturated rings. The molecule has 2 aromatic carbocycles. The lowest BCUT2D eigenvalue weighted by Gasteiger charge is -2.26. The highest BCUT2D eigenvalue weighted by Crippen LogP contribution is 2.26. The van der Waals surface area contributed by atoms with Gasteiger partial charge in [0.25, 0.3) is 0 Å². The summed E-state index contributed by atoms with van der Waals surface area (Å²) in [5.74, 6) is 1.06. The molecule has 2 aromatic rings. The van der Waals surface area contributed by atoms with E-state index >= 15 is 0 Å². The van der Waals surface area contributed by atoms with E-state index in [-0.39, 0.29) is 5.91 Å². The Morgan fingerprint density at radius 1 is 1.10 bits per heavy atom. The van der Waals surface area contributed by atoms with Crippen molar-refractivity contribution in [1.82, 2.24) is 0 Å². The van der Waals surface area contributed by atoms with Crippen LogP contribution in [0.2, 0.25) is 0 Å². The van der Waals surface area contributed by atoms with Gasteiger partial charge in [0.05, 0.1) is 7.11 Å². The number of benzene rings is 2. The maximum absolute atomic E-state index is 11.9. The second-order valence-corrected chi connectivity index (χ2v) is 5.19. The number of carbonyl (C=O) groups excluding carboxylic acids is 1. The van der Waals surface area contributed by atoms with Gasteiger partial charge in [-0.25, -0.2) is 0 Å². The number of methoxy groups -OCH3 is 1. The van der Waals surface area contributed by atoms with Gasteiger partial charge < -0.3 is 9.64 Å². The van der Waals surface area contributed by atoms with Crippen molar-refractivity contribution in [3.05, 3.63) is 48.5 Å². The minimum atomic E-state index is 0.215. The highest BCUT2D eigenvalue weighted by atomic mass is 16.5. The molecule has 1 amide bonds. The molecular weight excluding hydrogens is 262 g/mol. The highest BCUT2D eigenvalue weighted by molar-refractivity contribution is 5.94. The quantitative estimate of drug-likeness (QED) is 0.858. The summed E-state index contributed by atoms with van der Waals surface area (Å²) < 4.78 is 5.16. The molecule has 1 radical (unpaired) electrons. The number of carbonyl (C=O) groups is 1. The van der Waals surface area contributed by atoms with Crippen molar-refractivity contribution >= 4 is 11.6 Å². The number of amides is 1. The standard InChI is InChI=1S/C18H18NO2/c1-21-17-11-7-15(8-12-17)14-5-9-16(10-6-14)19-13-3-2-4-18(19)20/h5,7-12H,2-4,13H2,1H3. The summed E-state index contributed by atoms with van der Waals surface area (Å²) in [5, 5.41) is 0. The predicted octanol–water partition coefficient (Wildman–Crippen LogP) is 3.68. The molecule has 1 aliphatic heterocycles. The largest absolute Gasteiger partial charge is 0.497 e. The van der Waals surface area contributed by atoms with Gasteiger partial charge >= 0.3 is 0 Å². The minimum Gasteiger partial charge on any atom is -0.497 e. The Balaban J connectivity index is 1.81. The molecule has 0 bridgehead atoms. The van der Waals surface area contributed by atoms with Crippen molar-refractivity contribution in [3.8, 4) is 16.9 Å². The van der Waals surface area contributed by atoms with Gasteiger partial charge in [0, 0.05) is 18.7 Å². The summed E-state index contributed by atoms with van der Waals surface area (Å²) in [6, 6.07) is 17.1. The maximum atomic E-state index is 11.9. The van der Waals surface area contributed by atoms with Crippen molar-refractivity contribution in [3.63, 3.8) is 0 Å². The topological polar surface area (TPSA) is 29.5 Å². The molecule has 0 spiro atoms. The minimum absolute atomic E-state index is 0.215. The molecule has 0 unspecified atom stereocenters. The van der Waals surface area contributed by atoms with E-state index in [1.807, 2.05) is 47.4 Å². The average Bonchev–Trinajstić information content (AvgIpc) is 2.56. The number of nitrogens with zero attached hydrogens (tertiary/aromatic N) is 1. The summed E-state index contributed by atoms with van der Waals surface area (Å²) in [5.41, 5.74) is 3.05. The summed E-state index contributed by atoms with van der Waals surface area (Å²) >= 11 is 0. The first kappa shape index (κ1) is 13.7. The van der Waals surface area contributed by atoms with E-state index in [1.165, 1.54) is 0 Å². The predicted molar refractivity (Wildman–Crippen MR) is 83.5 cm³/mol. The van der Waals surface area contributed by atoms with Gasteiger partial charge in [-0.05, 0) is 54.3 Å². The average molecular weight is 280 g/mol. The molecule has 0 atom stereocenters. The molecule has 107 valence electrons. The van der Waals surface area contributed by atoms with Crippen LogP contribution in [0.3, 0.4) is 0 Å².